The van der Waals surface area contributed by atoms with E-state index in [4.69, 9.17) is 0 Å². The van der Waals surface area contributed by atoms with Gasteiger partial charge in [-0.25, -0.2) is 4.98 Å². The molecule has 2 fully saturated rings. The third-order valence-electron chi connectivity index (χ3n) is 6.99. The predicted molar refractivity (Wildman–Crippen MR) is 124 cm³/mol. The van der Waals surface area contributed by atoms with E-state index in [1.54, 1.807) is 0 Å². The van der Waals surface area contributed by atoms with Crippen LogP contribution in [0, 0.1) is 0 Å². The smallest absolute Gasteiger partial charge is 0.369 e. The fourth-order valence-corrected chi connectivity index (χ4v) is 5.40. The molecule has 1 N–H and O–H groups in total. The Labute approximate surface area is 198 Å². The summed E-state index contributed by atoms with van der Waals surface area (Å²) in [4.78, 5) is 8.64. The van der Waals surface area contributed by atoms with E-state index in [2.05, 4.69) is 60.3 Å². The summed E-state index contributed by atoms with van der Waals surface area (Å²) in [5.41, 5.74) is 0.290. The Hall–Kier alpha value is -2.17. The highest BCUT2D eigenvalue weighted by Gasteiger charge is 2.48. The Balaban J connectivity index is 1.41. The molecular formula is C23H26BrF3N6. The summed E-state index contributed by atoms with van der Waals surface area (Å²) in [5, 5.41) is 7.58. The number of hydrogen-bond acceptors (Lipinski definition) is 5. The van der Waals surface area contributed by atoms with Gasteiger partial charge in [-0.2, -0.15) is 22.8 Å². The lowest BCUT2D eigenvalue weighted by Crippen LogP contribution is -2.59. The quantitative estimate of drug-likeness (QED) is 0.542. The monoisotopic (exact) mass is 522 g/mol. The summed E-state index contributed by atoms with van der Waals surface area (Å²) in [7, 11) is 2.15. The number of likely N-dealkylation sites (N-methyl/N-ethyl adjacent to an activating group) is 1. The van der Waals surface area contributed by atoms with E-state index in [1.165, 1.54) is 16.1 Å². The zero-order chi connectivity index (χ0) is 23.2. The lowest BCUT2D eigenvalue weighted by molar-refractivity contribution is -0.141. The van der Waals surface area contributed by atoms with Gasteiger partial charge < -0.3 is 10.2 Å². The van der Waals surface area contributed by atoms with Gasteiger partial charge in [0.25, 0.3) is 0 Å². The summed E-state index contributed by atoms with van der Waals surface area (Å²) in [6.07, 6.45) is -2.59. The number of rotatable bonds is 5. The average molecular weight is 523 g/mol. The van der Waals surface area contributed by atoms with Crippen LogP contribution in [0.15, 0.2) is 47.1 Å². The zero-order valence-corrected chi connectivity index (χ0v) is 19.9. The second-order valence-corrected chi connectivity index (χ2v) is 9.98. The first-order valence-electron chi connectivity index (χ1n) is 11.1. The lowest BCUT2D eigenvalue weighted by Gasteiger charge is -2.54. The Bertz CT molecular complexity index is 1120. The van der Waals surface area contributed by atoms with Gasteiger partial charge in [0.1, 0.15) is 10.4 Å². The summed E-state index contributed by atoms with van der Waals surface area (Å²) in [6, 6.07) is 13.3. The molecule has 3 aromatic rings. The van der Waals surface area contributed by atoms with Gasteiger partial charge in [0.15, 0.2) is 11.3 Å². The van der Waals surface area contributed by atoms with Crippen molar-refractivity contribution < 1.29 is 13.2 Å². The van der Waals surface area contributed by atoms with E-state index < -0.39 is 11.9 Å². The molecule has 1 aliphatic heterocycles. The molecule has 10 heteroatoms. The molecule has 1 aliphatic carbocycles. The number of benzene rings is 1. The second-order valence-electron chi connectivity index (χ2n) is 9.16. The highest BCUT2D eigenvalue weighted by atomic mass is 79.9. The molecular weight excluding hydrogens is 497 g/mol. The molecule has 2 aliphatic rings. The van der Waals surface area contributed by atoms with Crippen molar-refractivity contribution in [1.29, 1.82) is 0 Å². The Morgan fingerprint density at radius 1 is 1.09 bits per heavy atom. The highest BCUT2D eigenvalue weighted by Crippen LogP contribution is 2.46. The van der Waals surface area contributed by atoms with Gasteiger partial charge in [-0.05, 0) is 41.4 Å². The van der Waals surface area contributed by atoms with Crippen molar-refractivity contribution in [3.05, 3.63) is 58.3 Å². The Morgan fingerprint density at radius 2 is 1.79 bits per heavy atom. The van der Waals surface area contributed by atoms with E-state index in [9.17, 15) is 13.2 Å². The fourth-order valence-electron chi connectivity index (χ4n) is 5.04. The zero-order valence-electron chi connectivity index (χ0n) is 18.3. The first kappa shape index (κ1) is 22.6. The molecule has 1 aromatic carbocycles. The van der Waals surface area contributed by atoms with Crippen molar-refractivity contribution in [2.75, 3.05) is 45.1 Å². The number of fused-ring (bicyclic) bond motifs is 1. The van der Waals surface area contributed by atoms with Crippen molar-refractivity contribution in [1.82, 2.24) is 24.4 Å². The van der Waals surface area contributed by atoms with Crippen LogP contribution in [0.3, 0.4) is 0 Å². The number of piperazine rings is 1. The molecule has 0 unspecified atom stereocenters. The van der Waals surface area contributed by atoms with Gasteiger partial charge in [-0.15, -0.1) is 0 Å². The standard InChI is InChI=1S/C23H26BrF3N6/c1-31-7-9-32(10-8-31)17-13-22(14-17,16-5-3-2-4-6-16)15-28-20-11-18(23(25,26)27)29-21-12-19(24)30-33(20)21/h2-6,11-12,17,28H,7-10,13-15H2,1H3. The maximum Gasteiger partial charge on any atom is 0.433 e. The largest absolute Gasteiger partial charge is 0.433 e. The van der Waals surface area contributed by atoms with E-state index in [0.717, 1.165) is 45.1 Å². The van der Waals surface area contributed by atoms with Gasteiger partial charge in [-0.3, -0.25) is 4.90 Å². The van der Waals surface area contributed by atoms with Gasteiger partial charge in [-0.1, -0.05) is 30.3 Å². The van der Waals surface area contributed by atoms with Crippen molar-refractivity contribution in [2.24, 2.45) is 0 Å². The number of alkyl halides is 3. The molecule has 0 amide bonds. The molecule has 0 spiro atoms. The van der Waals surface area contributed by atoms with E-state index in [1.807, 2.05) is 18.2 Å². The average Bonchev–Trinajstić information content (AvgIpc) is 3.14. The number of nitrogens with one attached hydrogen (secondary N) is 1. The third kappa shape index (κ3) is 4.48. The topological polar surface area (TPSA) is 48.7 Å². The molecule has 6 nitrogen and oxygen atoms in total. The molecule has 33 heavy (non-hydrogen) atoms. The highest BCUT2D eigenvalue weighted by molar-refractivity contribution is 9.10. The van der Waals surface area contributed by atoms with Crippen LogP contribution in [0.1, 0.15) is 24.1 Å². The lowest BCUT2D eigenvalue weighted by atomic mass is 9.61. The van der Waals surface area contributed by atoms with Crippen molar-refractivity contribution in [2.45, 2.75) is 30.5 Å². The minimum Gasteiger partial charge on any atom is -0.369 e. The van der Waals surface area contributed by atoms with Gasteiger partial charge >= 0.3 is 6.18 Å². The van der Waals surface area contributed by atoms with Crippen LogP contribution in [0.25, 0.3) is 5.65 Å². The van der Waals surface area contributed by atoms with Crippen molar-refractivity contribution >= 4 is 27.4 Å². The first-order chi connectivity index (χ1) is 15.7. The SMILES string of the molecule is CN1CCN(C2CC(CNc3cc(C(F)(F)F)nc4cc(Br)nn34)(c3ccccc3)C2)CC1. The molecule has 1 saturated heterocycles. The molecule has 1 saturated carbocycles. The van der Waals surface area contributed by atoms with E-state index in [-0.39, 0.29) is 16.9 Å². The molecule has 0 atom stereocenters. The van der Waals surface area contributed by atoms with E-state index >= 15 is 0 Å². The van der Waals surface area contributed by atoms with Crippen LogP contribution in [-0.2, 0) is 11.6 Å². The number of halogens is 4. The number of hydrogen-bond donors (Lipinski definition) is 1. The molecule has 2 aromatic heterocycles. The molecule has 0 radical (unpaired) electrons. The maximum atomic E-state index is 13.5. The van der Waals surface area contributed by atoms with Crippen molar-refractivity contribution in [3.8, 4) is 0 Å². The van der Waals surface area contributed by atoms with Crippen LogP contribution in [0.5, 0.6) is 0 Å². The minimum absolute atomic E-state index is 0.145. The van der Waals surface area contributed by atoms with Crippen LogP contribution >= 0.6 is 15.9 Å². The fraction of sp³-hybridized carbons (Fsp3) is 0.478. The molecule has 5 rings (SSSR count). The minimum atomic E-state index is -4.53. The van der Waals surface area contributed by atoms with Crippen LogP contribution in [-0.4, -0.2) is 70.2 Å². The summed E-state index contributed by atoms with van der Waals surface area (Å²) in [5.74, 6) is 0.288. The second kappa shape index (κ2) is 8.56. The Kier molecular flexibility index (Phi) is 5.86. The molecule has 176 valence electrons. The van der Waals surface area contributed by atoms with Gasteiger partial charge in [0.05, 0.1) is 0 Å². The number of nitrogens with zero attached hydrogens (tertiary/aromatic N) is 5. The summed E-state index contributed by atoms with van der Waals surface area (Å²) < 4.78 is 42.3. The van der Waals surface area contributed by atoms with Gasteiger partial charge in [0, 0.05) is 56.3 Å². The van der Waals surface area contributed by atoms with Crippen molar-refractivity contribution in [3.63, 3.8) is 0 Å². The van der Waals surface area contributed by atoms with Gasteiger partial charge in [0.2, 0.25) is 0 Å². The summed E-state index contributed by atoms with van der Waals surface area (Å²) in [6.45, 7) is 4.77. The number of anilines is 1. The Morgan fingerprint density at radius 3 is 2.45 bits per heavy atom. The number of aromatic nitrogens is 3. The maximum absolute atomic E-state index is 13.5. The third-order valence-corrected chi connectivity index (χ3v) is 7.38. The summed E-state index contributed by atoms with van der Waals surface area (Å²) >= 11 is 3.25. The van der Waals surface area contributed by atoms with Crippen LogP contribution in [0.2, 0.25) is 0 Å². The van der Waals surface area contributed by atoms with Crippen LogP contribution in [0.4, 0.5) is 19.0 Å². The first-order valence-corrected chi connectivity index (χ1v) is 11.9. The molecule has 3 heterocycles. The molecule has 0 bridgehead atoms. The van der Waals surface area contributed by atoms with E-state index in [0.29, 0.717) is 17.2 Å². The predicted octanol–water partition coefficient (Wildman–Crippen LogP) is 4.27. The van der Waals surface area contributed by atoms with Crippen LogP contribution < -0.4 is 5.32 Å². The normalized spacial score (nSPS) is 24.7.